The Morgan fingerprint density at radius 2 is 2.29 bits per heavy atom. The number of alkyl halides is 2. The first kappa shape index (κ1) is 14.3. The van der Waals surface area contributed by atoms with Crippen LogP contribution >= 0.6 is 0 Å². The molecule has 6 heteroatoms. The van der Waals surface area contributed by atoms with Gasteiger partial charge in [0.2, 0.25) is 5.91 Å². The topological polar surface area (TPSA) is 41.6 Å². The number of carbonyl (C=O) groups excluding carboxylic acids is 1. The molecule has 1 amide bonds. The molecule has 1 rings (SSSR count). The third-order valence-electron chi connectivity index (χ3n) is 2.99. The van der Waals surface area contributed by atoms with E-state index in [0.29, 0.717) is 6.54 Å². The summed E-state index contributed by atoms with van der Waals surface area (Å²) in [6.45, 7) is 2.43. The fourth-order valence-corrected chi connectivity index (χ4v) is 1.74. The fraction of sp³-hybridized carbons (Fsp3) is 0.909. The summed E-state index contributed by atoms with van der Waals surface area (Å²) >= 11 is 0. The van der Waals surface area contributed by atoms with E-state index >= 15 is 0 Å². The van der Waals surface area contributed by atoms with Gasteiger partial charge in [0.05, 0.1) is 18.7 Å². The van der Waals surface area contributed by atoms with Gasteiger partial charge in [0.15, 0.2) is 0 Å². The van der Waals surface area contributed by atoms with Gasteiger partial charge in [0.1, 0.15) is 0 Å². The van der Waals surface area contributed by atoms with Gasteiger partial charge in [-0.3, -0.25) is 9.69 Å². The quantitative estimate of drug-likeness (QED) is 0.760. The number of nitrogens with zero attached hydrogens (tertiary/aromatic N) is 1. The summed E-state index contributed by atoms with van der Waals surface area (Å²) in [5.41, 5.74) is 0. The number of rotatable bonds is 6. The van der Waals surface area contributed by atoms with Gasteiger partial charge in [-0.2, -0.15) is 0 Å². The van der Waals surface area contributed by atoms with Crippen LogP contribution in [0.5, 0.6) is 0 Å². The molecule has 0 unspecified atom stereocenters. The van der Waals surface area contributed by atoms with Gasteiger partial charge < -0.3 is 10.1 Å². The van der Waals surface area contributed by atoms with Crippen molar-refractivity contribution in [3.8, 4) is 0 Å². The summed E-state index contributed by atoms with van der Waals surface area (Å²) in [4.78, 5) is 13.0. The Labute approximate surface area is 100 Å². The summed E-state index contributed by atoms with van der Waals surface area (Å²) in [6, 6.07) is -0.551. The summed E-state index contributed by atoms with van der Waals surface area (Å²) in [5, 5.41) is 2.73. The lowest BCUT2D eigenvalue weighted by Gasteiger charge is -2.23. The number of hydrogen-bond acceptors (Lipinski definition) is 3. The van der Waals surface area contributed by atoms with E-state index in [9.17, 15) is 13.6 Å². The van der Waals surface area contributed by atoms with Crippen molar-refractivity contribution in [3.63, 3.8) is 0 Å². The molecule has 100 valence electrons. The van der Waals surface area contributed by atoms with Gasteiger partial charge in [-0.1, -0.05) is 0 Å². The molecule has 0 aromatic carbocycles. The number of ether oxygens (including phenoxy) is 1. The number of nitrogens with one attached hydrogen (secondary N) is 1. The van der Waals surface area contributed by atoms with Crippen molar-refractivity contribution in [1.82, 2.24) is 10.2 Å². The third kappa shape index (κ3) is 4.95. The monoisotopic (exact) mass is 250 g/mol. The van der Waals surface area contributed by atoms with Crippen LogP contribution in [-0.4, -0.2) is 56.1 Å². The first-order chi connectivity index (χ1) is 8.00. The molecule has 17 heavy (non-hydrogen) atoms. The molecule has 0 radical (unpaired) electrons. The second kappa shape index (κ2) is 6.86. The molecule has 0 saturated carbocycles. The van der Waals surface area contributed by atoms with Gasteiger partial charge >= 0.3 is 0 Å². The molecule has 2 atom stereocenters. The van der Waals surface area contributed by atoms with Gasteiger partial charge in [-0.05, 0) is 26.8 Å². The van der Waals surface area contributed by atoms with E-state index in [1.165, 1.54) is 11.9 Å². The summed E-state index contributed by atoms with van der Waals surface area (Å²) in [5.74, 6) is -0.233. The Kier molecular flexibility index (Phi) is 5.77. The SMILES string of the molecule is C[C@@H](C(=O)NC[C@@H]1CCCO1)N(C)CC(F)F. The average molecular weight is 250 g/mol. The van der Waals surface area contributed by atoms with Crippen molar-refractivity contribution < 1.29 is 18.3 Å². The van der Waals surface area contributed by atoms with Crippen LogP contribution in [0.2, 0.25) is 0 Å². The van der Waals surface area contributed by atoms with Crippen LogP contribution in [0.3, 0.4) is 0 Å². The molecule has 0 aromatic heterocycles. The summed E-state index contributed by atoms with van der Waals surface area (Å²) < 4.78 is 29.7. The molecule has 0 spiro atoms. The predicted octanol–water partition coefficient (Wildman–Crippen LogP) is 0.867. The Bertz CT molecular complexity index is 246. The van der Waals surface area contributed by atoms with E-state index in [1.807, 2.05) is 0 Å². The Hall–Kier alpha value is -0.750. The predicted molar refractivity (Wildman–Crippen MR) is 60.1 cm³/mol. The first-order valence-electron chi connectivity index (χ1n) is 5.88. The van der Waals surface area contributed by atoms with Crippen LogP contribution in [-0.2, 0) is 9.53 Å². The van der Waals surface area contributed by atoms with Crippen LogP contribution in [0.1, 0.15) is 19.8 Å². The molecule has 0 bridgehead atoms. The van der Waals surface area contributed by atoms with Crippen LogP contribution in [0.25, 0.3) is 0 Å². The largest absolute Gasteiger partial charge is 0.376 e. The average Bonchev–Trinajstić information content (AvgIpc) is 2.76. The van der Waals surface area contributed by atoms with E-state index in [0.717, 1.165) is 19.4 Å². The maximum absolute atomic E-state index is 12.1. The van der Waals surface area contributed by atoms with E-state index in [2.05, 4.69) is 5.32 Å². The molecular weight excluding hydrogens is 230 g/mol. The van der Waals surface area contributed by atoms with E-state index in [-0.39, 0.29) is 12.0 Å². The maximum atomic E-state index is 12.1. The van der Waals surface area contributed by atoms with Gasteiger partial charge in [0.25, 0.3) is 6.43 Å². The number of halogens is 2. The lowest BCUT2D eigenvalue weighted by atomic mass is 10.2. The molecule has 4 nitrogen and oxygen atoms in total. The zero-order valence-electron chi connectivity index (χ0n) is 10.3. The normalized spacial score (nSPS) is 22.1. The fourth-order valence-electron chi connectivity index (χ4n) is 1.74. The van der Waals surface area contributed by atoms with Crippen molar-refractivity contribution in [2.75, 3.05) is 26.7 Å². The maximum Gasteiger partial charge on any atom is 0.251 e. The number of amides is 1. The van der Waals surface area contributed by atoms with Crippen molar-refractivity contribution in [2.45, 2.75) is 38.3 Å². The van der Waals surface area contributed by atoms with Gasteiger partial charge in [0, 0.05) is 13.2 Å². The summed E-state index contributed by atoms with van der Waals surface area (Å²) in [6.07, 6.45) is -0.386. The van der Waals surface area contributed by atoms with Crippen LogP contribution in [0.4, 0.5) is 8.78 Å². The van der Waals surface area contributed by atoms with Gasteiger partial charge in [-0.15, -0.1) is 0 Å². The zero-order chi connectivity index (χ0) is 12.8. The minimum Gasteiger partial charge on any atom is -0.376 e. The highest BCUT2D eigenvalue weighted by atomic mass is 19.3. The smallest absolute Gasteiger partial charge is 0.251 e. The third-order valence-corrected chi connectivity index (χ3v) is 2.99. The molecule has 1 aliphatic heterocycles. The zero-order valence-corrected chi connectivity index (χ0v) is 10.3. The lowest BCUT2D eigenvalue weighted by Crippen LogP contribution is -2.46. The Morgan fingerprint density at radius 3 is 2.82 bits per heavy atom. The Balaban J connectivity index is 2.25. The minimum atomic E-state index is -2.42. The summed E-state index contributed by atoms with van der Waals surface area (Å²) in [7, 11) is 1.52. The van der Waals surface area contributed by atoms with Crippen molar-refractivity contribution in [2.24, 2.45) is 0 Å². The molecule has 1 fully saturated rings. The highest BCUT2D eigenvalue weighted by molar-refractivity contribution is 5.81. The molecule has 0 aromatic rings. The highest BCUT2D eigenvalue weighted by Gasteiger charge is 2.22. The number of hydrogen-bond donors (Lipinski definition) is 1. The van der Waals surface area contributed by atoms with Crippen molar-refractivity contribution in [3.05, 3.63) is 0 Å². The van der Waals surface area contributed by atoms with Crippen molar-refractivity contribution in [1.29, 1.82) is 0 Å². The highest BCUT2D eigenvalue weighted by Crippen LogP contribution is 2.10. The number of carbonyl (C=O) groups is 1. The number of likely N-dealkylation sites (N-methyl/N-ethyl adjacent to an activating group) is 1. The first-order valence-corrected chi connectivity index (χ1v) is 5.88. The van der Waals surface area contributed by atoms with E-state index in [4.69, 9.17) is 4.74 Å². The lowest BCUT2D eigenvalue weighted by molar-refractivity contribution is -0.126. The molecule has 1 aliphatic rings. The van der Waals surface area contributed by atoms with Crippen molar-refractivity contribution >= 4 is 5.91 Å². The molecule has 1 heterocycles. The van der Waals surface area contributed by atoms with Crippen LogP contribution in [0.15, 0.2) is 0 Å². The second-order valence-electron chi connectivity index (χ2n) is 4.39. The van der Waals surface area contributed by atoms with E-state index < -0.39 is 19.0 Å². The Morgan fingerprint density at radius 1 is 1.59 bits per heavy atom. The molecular formula is C11H20F2N2O2. The van der Waals surface area contributed by atoms with E-state index in [1.54, 1.807) is 6.92 Å². The molecule has 1 saturated heterocycles. The molecule has 0 aliphatic carbocycles. The van der Waals surface area contributed by atoms with Crippen LogP contribution < -0.4 is 5.32 Å². The molecule has 1 N–H and O–H groups in total. The van der Waals surface area contributed by atoms with Crippen LogP contribution in [0, 0.1) is 0 Å². The standard InChI is InChI=1S/C11H20F2N2O2/c1-8(15(2)7-10(12)13)11(16)14-6-9-4-3-5-17-9/h8-10H,3-7H2,1-2H3,(H,14,16)/t8-,9-/m0/s1. The second-order valence-corrected chi connectivity index (χ2v) is 4.39. The minimum absolute atomic E-state index is 0.0755. The van der Waals surface area contributed by atoms with Gasteiger partial charge in [-0.25, -0.2) is 8.78 Å².